The Morgan fingerprint density at radius 2 is 1.55 bits per heavy atom. The van der Waals surface area contributed by atoms with Gasteiger partial charge < -0.3 is 35.0 Å². The van der Waals surface area contributed by atoms with Gasteiger partial charge in [-0.3, -0.25) is 0 Å². The van der Waals surface area contributed by atoms with Crippen LogP contribution >= 0.6 is 7.82 Å². The summed E-state index contributed by atoms with van der Waals surface area (Å²) < 4.78 is 8.88. The number of hydrogen-bond acceptors (Lipinski definition) is 4. The lowest BCUT2D eigenvalue weighted by atomic mass is 10.3. The summed E-state index contributed by atoms with van der Waals surface area (Å²) in [7, 11) is -4.64. The number of rotatable bonds is 2. The predicted molar refractivity (Wildman–Crippen MR) is 72.7 cm³/mol. The van der Waals surface area contributed by atoms with Crippen LogP contribution in [0.25, 0.3) is 10.9 Å². The molecule has 0 amide bonds. The Labute approximate surface area is 115 Å². The van der Waals surface area contributed by atoms with Gasteiger partial charge in [0.25, 0.3) is 0 Å². The molecular formula is C11H18NO7P. The van der Waals surface area contributed by atoms with Crippen LogP contribution in [-0.4, -0.2) is 54.3 Å². The summed E-state index contributed by atoms with van der Waals surface area (Å²) in [4.78, 5) is 24.7. The molecule has 1 heterocycles. The topological polar surface area (TPSA) is 154 Å². The largest absolute Gasteiger partial charge is 0.466 e. The highest BCUT2D eigenvalue weighted by Gasteiger charge is 2.00. The van der Waals surface area contributed by atoms with E-state index in [4.69, 9.17) is 34.6 Å². The molecule has 8 nitrogen and oxygen atoms in total. The highest BCUT2D eigenvalue weighted by atomic mass is 31.2. The van der Waals surface area contributed by atoms with Crippen molar-refractivity contribution in [3.63, 3.8) is 0 Å². The van der Waals surface area contributed by atoms with Crippen LogP contribution in [0.2, 0.25) is 0 Å². The van der Waals surface area contributed by atoms with Crippen LogP contribution in [0, 0.1) is 0 Å². The van der Waals surface area contributed by atoms with Crippen LogP contribution in [-0.2, 0) is 4.57 Å². The fraction of sp³-hybridized carbons (Fsp3) is 0.273. The third-order valence-electron chi connectivity index (χ3n) is 1.88. The van der Waals surface area contributed by atoms with Gasteiger partial charge in [-0.25, -0.2) is 4.57 Å². The Balaban J connectivity index is 0.000000291. The summed E-state index contributed by atoms with van der Waals surface area (Å²) in [6.07, 6.45) is 0.995. The van der Waals surface area contributed by atoms with E-state index in [0.29, 0.717) is 0 Å². The Morgan fingerprint density at radius 1 is 1.05 bits per heavy atom. The van der Waals surface area contributed by atoms with Gasteiger partial charge in [0.15, 0.2) is 0 Å². The molecular weight excluding hydrogens is 289 g/mol. The zero-order valence-corrected chi connectivity index (χ0v) is 11.4. The Bertz CT molecular complexity index is 482. The highest BCUT2D eigenvalue weighted by molar-refractivity contribution is 7.45. The minimum atomic E-state index is -4.64. The molecule has 114 valence electrons. The maximum absolute atomic E-state index is 8.88. The Morgan fingerprint density at radius 3 is 1.95 bits per heavy atom. The minimum Gasteiger partial charge on any atom is -0.394 e. The van der Waals surface area contributed by atoms with E-state index in [1.807, 2.05) is 18.3 Å². The summed E-state index contributed by atoms with van der Waals surface area (Å²) in [5, 5.41) is 25.3. The van der Waals surface area contributed by atoms with Gasteiger partial charge in [-0.15, -0.1) is 0 Å². The van der Waals surface area contributed by atoms with E-state index in [9.17, 15) is 0 Å². The lowest BCUT2D eigenvalue weighted by molar-refractivity contribution is 0.0450. The lowest BCUT2D eigenvalue weighted by Crippen LogP contribution is -2.15. The molecule has 0 saturated carbocycles. The van der Waals surface area contributed by atoms with E-state index in [1.54, 1.807) is 0 Å². The molecule has 0 bridgehead atoms. The Hall–Kier alpha value is -1.25. The molecule has 0 atom stereocenters. The molecule has 0 saturated heterocycles. The zero-order chi connectivity index (χ0) is 15.6. The average molecular weight is 307 g/mol. The molecule has 2 aromatic rings. The van der Waals surface area contributed by atoms with Crippen molar-refractivity contribution in [2.24, 2.45) is 0 Å². The second-order valence-electron chi connectivity index (χ2n) is 3.60. The second-order valence-corrected chi connectivity index (χ2v) is 4.62. The molecule has 0 aliphatic rings. The van der Waals surface area contributed by atoms with E-state index in [-0.39, 0.29) is 13.2 Å². The quantitative estimate of drug-likeness (QED) is 0.371. The second kappa shape index (κ2) is 9.62. The molecule has 0 radical (unpaired) electrons. The van der Waals surface area contributed by atoms with E-state index >= 15 is 0 Å². The molecule has 9 heteroatoms. The number of H-pyrrole nitrogens is 1. The van der Waals surface area contributed by atoms with Gasteiger partial charge in [0.05, 0.1) is 13.2 Å². The van der Waals surface area contributed by atoms with Crippen LogP contribution < -0.4 is 0 Å². The minimum absolute atomic E-state index is 0.365. The Kier molecular flexibility index (Phi) is 9.02. The van der Waals surface area contributed by atoms with Gasteiger partial charge in [0, 0.05) is 11.7 Å². The summed E-state index contributed by atoms with van der Waals surface area (Å²) in [6, 6.07) is 10.3. The number of aromatic nitrogens is 1. The van der Waals surface area contributed by atoms with E-state index in [0.717, 1.165) is 0 Å². The van der Waals surface area contributed by atoms with Crippen LogP contribution in [0.5, 0.6) is 0 Å². The van der Waals surface area contributed by atoms with E-state index < -0.39 is 13.9 Å². The third kappa shape index (κ3) is 10.7. The number of para-hydroxylation sites is 1. The molecule has 0 aliphatic carbocycles. The molecule has 1 aromatic carbocycles. The number of phosphoric acid groups is 1. The SMILES string of the molecule is O=P(O)(O)O.OCC(O)CO.c1ccc2[nH]ccc2c1. The lowest BCUT2D eigenvalue weighted by Gasteiger charge is -1.96. The smallest absolute Gasteiger partial charge is 0.394 e. The fourth-order valence-electron chi connectivity index (χ4n) is 1.05. The van der Waals surface area contributed by atoms with Crippen molar-refractivity contribution in [2.45, 2.75) is 6.10 Å². The van der Waals surface area contributed by atoms with Gasteiger partial charge >= 0.3 is 7.82 Å². The van der Waals surface area contributed by atoms with Gasteiger partial charge in [0.2, 0.25) is 0 Å². The maximum atomic E-state index is 8.88. The molecule has 0 unspecified atom stereocenters. The summed E-state index contributed by atoms with van der Waals surface area (Å²) in [5.74, 6) is 0. The van der Waals surface area contributed by atoms with E-state index in [1.165, 1.54) is 10.9 Å². The first-order valence-corrected chi connectivity index (χ1v) is 7.04. The third-order valence-corrected chi connectivity index (χ3v) is 1.88. The summed E-state index contributed by atoms with van der Waals surface area (Å²) in [6.45, 7) is -0.729. The van der Waals surface area contributed by atoms with Crippen LogP contribution in [0.1, 0.15) is 0 Å². The van der Waals surface area contributed by atoms with Crippen molar-refractivity contribution in [1.29, 1.82) is 0 Å². The van der Waals surface area contributed by atoms with Gasteiger partial charge in [-0.05, 0) is 17.5 Å². The summed E-state index contributed by atoms with van der Waals surface area (Å²) in [5.41, 5.74) is 1.21. The fourth-order valence-corrected chi connectivity index (χ4v) is 1.05. The molecule has 20 heavy (non-hydrogen) atoms. The van der Waals surface area contributed by atoms with E-state index in [2.05, 4.69) is 23.2 Å². The molecule has 0 fully saturated rings. The monoisotopic (exact) mass is 307 g/mol. The van der Waals surface area contributed by atoms with Gasteiger partial charge in [0.1, 0.15) is 6.10 Å². The van der Waals surface area contributed by atoms with Gasteiger partial charge in [-0.1, -0.05) is 18.2 Å². The number of aromatic amines is 1. The maximum Gasteiger partial charge on any atom is 0.466 e. The normalized spacial score (nSPS) is 10.6. The first-order chi connectivity index (χ1) is 9.27. The average Bonchev–Trinajstić information content (AvgIpc) is 2.84. The van der Waals surface area contributed by atoms with Crippen molar-refractivity contribution >= 4 is 18.7 Å². The first kappa shape index (κ1) is 18.8. The molecule has 0 spiro atoms. The number of aliphatic hydroxyl groups excluding tert-OH is 3. The van der Waals surface area contributed by atoms with Crippen molar-refractivity contribution in [3.8, 4) is 0 Å². The number of benzene rings is 1. The van der Waals surface area contributed by atoms with Crippen LogP contribution in [0.15, 0.2) is 36.5 Å². The molecule has 1 aromatic heterocycles. The number of aliphatic hydroxyl groups is 3. The number of hydrogen-bond donors (Lipinski definition) is 7. The zero-order valence-electron chi connectivity index (χ0n) is 10.5. The predicted octanol–water partition coefficient (Wildman–Crippen LogP) is -0.429. The van der Waals surface area contributed by atoms with Crippen LogP contribution in [0.4, 0.5) is 0 Å². The number of nitrogens with one attached hydrogen (secondary N) is 1. The van der Waals surface area contributed by atoms with Crippen molar-refractivity contribution in [2.75, 3.05) is 13.2 Å². The molecule has 0 aliphatic heterocycles. The molecule has 7 N–H and O–H groups in total. The molecule has 2 rings (SSSR count). The van der Waals surface area contributed by atoms with Gasteiger partial charge in [-0.2, -0.15) is 0 Å². The van der Waals surface area contributed by atoms with Crippen molar-refractivity contribution < 1.29 is 34.6 Å². The summed E-state index contributed by atoms with van der Waals surface area (Å²) >= 11 is 0. The first-order valence-electron chi connectivity index (χ1n) is 5.48. The van der Waals surface area contributed by atoms with Crippen molar-refractivity contribution in [3.05, 3.63) is 36.5 Å². The standard InChI is InChI=1S/C8H7N.C3H8O3.H3O4P/c1-2-4-8-7(3-1)5-6-9-8;4-1-3(6)2-5;1-5(2,3)4/h1-6,9H;3-6H,1-2H2;(H3,1,2,3,4). The van der Waals surface area contributed by atoms with Crippen molar-refractivity contribution in [1.82, 2.24) is 4.98 Å². The van der Waals surface area contributed by atoms with Crippen LogP contribution in [0.3, 0.4) is 0 Å². The number of fused-ring (bicyclic) bond motifs is 1. The highest BCUT2D eigenvalue weighted by Crippen LogP contribution is 2.25.